The second kappa shape index (κ2) is 12.5. The molecule has 4 aromatic rings. The predicted octanol–water partition coefficient (Wildman–Crippen LogP) is 5.95. The first kappa shape index (κ1) is 27.0. The Morgan fingerprint density at radius 1 is 0.947 bits per heavy atom. The summed E-state index contributed by atoms with van der Waals surface area (Å²) in [5.41, 5.74) is 5.26. The van der Waals surface area contributed by atoms with Crippen LogP contribution in [0.25, 0.3) is 11.0 Å². The van der Waals surface area contributed by atoms with Crippen molar-refractivity contribution in [3.63, 3.8) is 0 Å². The highest BCUT2D eigenvalue weighted by Gasteiger charge is 2.19. The number of carbonyl (C=O) groups excluding carboxylic acids is 1. The third-order valence-corrected chi connectivity index (χ3v) is 6.50. The smallest absolute Gasteiger partial charge is 0.224 e. The van der Waals surface area contributed by atoms with Gasteiger partial charge in [0.15, 0.2) is 11.5 Å². The molecule has 0 aliphatic carbocycles. The number of unbranched alkanes of at least 4 members (excludes halogenated alkanes) is 1. The van der Waals surface area contributed by atoms with Crippen LogP contribution in [0, 0.1) is 13.8 Å². The van der Waals surface area contributed by atoms with Gasteiger partial charge in [0.05, 0.1) is 44.3 Å². The van der Waals surface area contributed by atoms with Crippen LogP contribution in [0.15, 0.2) is 60.7 Å². The number of methoxy groups -OCH3 is 2. The molecule has 0 aliphatic heterocycles. The summed E-state index contributed by atoms with van der Waals surface area (Å²) >= 11 is 0. The van der Waals surface area contributed by atoms with Crippen molar-refractivity contribution >= 4 is 16.9 Å². The van der Waals surface area contributed by atoms with Gasteiger partial charge in [-0.25, -0.2) is 4.98 Å². The summed E-state index contributed by atoms with van der Waals surface area (Å²) in [4.78, 5) is 17.8. The monoisotopic (exact) mass is 515 g/mol. The molecule has 0 radical (unpaired) electrons. The molecule has 1 atom stereocenters. The maximum Gasteiger partial charge on any atom is 0.224 e. The molecule has 4 rings (SSSR count). The van der Waals surface area contributed by atoms with Crippen LogP contribution in [-0.4, -0.2) is 36.3 Å². The van der Waals surface area contributed by atoms with Gasteiger partial charge in [0, 0.05) is 6.54 Å². The Morgan fingerprint density at radius 3 is 2.42 bits per heavy atom. The first-order valence-electron chi connectivity index (χ1n) is 13.0. The maximum atomic E-state index is 12.9. The van der Waals surface area contributed by atoms with E-state index in [9.17, 15) is 4.79 Å². The molecule has 7 nitrogen and oxygen atoms in total. The molecule has 1 unspecified atom stereocenters. The SMILES string of the molecule is COc1ccc(CC(=O)NC(C)c2nc3ccccc3n2CCCCOc2cc(C)cc(C)c2)cc1OC. The number of hydrogen-bond acceptors (Lipinski definition) is 5. The van der Waals surface area contributed by atoms with Crippen LogP contribution in [0.3, 0.4) is 0 Å². The summed E-state index contributed by atoms with van der Waals surface area (Å²) in [6, 6.07) is 19.7. The Labute approximate surface area is 224 Å². The Bertz CT molecular complexity index is 1380. The summed E-state index contributed by atoms with van der Waals surface area (Å²) in [7, 11) is 3.18. The number of nitrogens with one attached hydrogen (secondary N) is 1. The molecule has 0 aliphatic rings. The third-order valence-electron chi connectivity index (χ3n) is 6.50. The van der Waals surface area contributed by atoms with Crippen molar-refractivity contribution in [1.29, 1.82) is 0 Å². The minimum atomic E-state index is -0.249. The summed E-state index contributed by atoms with van der Waals surface area (Å²) in [5, 5.41) is 3.13. The van der Waals surface area contributed by atoms with Crippen LogP contribution in [0.1, 0.15) is 48.3 Å². The van der Waals surface area contributed by atoms with Crippen molar-refractivity contribution in [1.82, 2.24) is 14.9 Å². The summed E-state index contributed by atoms with van der Waals surface area (Å²) < 4.78 is 18.9. The molecule has 0 spiro atoms. The van der Waals surface area contributed by atoms with Crippen molar-refractivity contribution in [2.45, 2.75) is 52.6 Å². The average molecular weight is 516 g/mol. The van der Waals surface area contributed by atoms with Gasteiger partial charge in [0.2, 0.25) is 5.91 Å². The number of rotatable bonds is 12. The number of para-hydroxylation sites is 2. The van der Waals surface area contributed by atoms with Gasteiger partial charge in [0.1, 0.15) is 11.6 Å². The zero-order chi connectivity index (χ0) is 27.1. The molecular formula is C31H37N3O4. The highest BCUT2D eigenvalue weighted by atomic mass is 16.5. The van der Waals surface area contributed by atoms with Gasteiger partial charge >= 0.3 is 0 Å². The van der Waals surface area contributed by atoms with Crippen molar-refractivity contribution in [3.8, 4) is 17.2 Å². The second-order valence-corrected chi connectivity index (χ2v) is 9.64. The second-order valence-electron chi connectivity index (χ2n) is 9.64. The van der Waals surface area contributed by atoms with Crippen molar-refractivity contribution in [2.75, 3.05) is 20.8 Å². The van der Waals surface area contributed by atoms with Gasteiger partial charge in [0.25, 0.3) is 0 Å². The maximum absolute atomic E-state index is 12.9. The number of hydrogen-bond donors (Lipinski definition) is 1. The number of imidazole rings is 1. The normalized spacial score (nSPS) is 11.8. The van der Waals surface area contributed by atoms with E-state index in [2.05, 4.69) is 48.0 Å². The molecule has 1 amide bonds. The van der Waals surface area contributed by atoms with E-state index in [0.29, 0.717) is 18.1 Å². The fourth-order valence-electron chi connectivity index (χ4n) is 4.77. The fraction of sp³-hybridized carbons (Fsp3) is 0.355. The van der Waals surface area contributed by atoms with Crippen molar-refractivity contribution in [3.05, 3.63) is 83.2 Å². The lowest BCUT2D eigenvalue weighted by atomic mass is 10.1. The summed E-state index contributed by atoms with van der Waals surface area (Å²) in [5.74, 6) is 2.93. The van der Waals surface area contributed by atoms with Crippen molar-refractivity contribution < 1.29 is 19.0 Å². The van der Waals surface area contributed by atoms with Crippen LogP contribution in [0.2, 0.25) is 0 Å². The Morgan fingerprint density at radius 2 is 1.68 bits per heavy atom. The van der Waals surface area contributed by atoms with Crippen LogP contribution in [0.4, 0.5) is 0 Å². The molecular weight excluding hydrogens is 478 g/mol. The van der Waals surface area contributed by atoms with Crippen LogP contribution >= 0.6 is 0 Å². The summed E-state index contributed by atoms with van der Waals surface area (Å²) in [6.07, 6.45) is 2.09. The lowest BCUT2D eigenvalue weighted by Crippen LogP contribution is -2.30. The van der Waals surface area contributed by atoms with Gasteiger partial charge in [-0.1, -0.05) is 24.3 Å². The van der Waals surface area contributed by atoms with E-state index < -0.39 is 0 Å². The molecule has 200 valence electrons. The molecule has 7 heteroatoms. The van der Waals surface area contributed by atoms with E-state index in [1.165, 1.54) is 11.1 Å². The molecule has 0 saturated carbocycles. The third kappa shape index (κ3) is 6.65. The minimum Gasteiger partial charge on any atom is -0.494 e. The van der Waals surface area contributed by atoms with Crippen molar-refractivity contribution in [2.24, 2.45) is 0 Å². The molecule has 1 aromatic heterocycles. The van der Waals surface area contributed by atoms with E-state index in [0.717, 1.165) is 47.6 Å². The topological polar surface area (TPSA) is 74.6 Å². The van der Waals surface area contributed by atoms with Gasteiger partial charge < -0.3 is 24.1 Å². The van der Waals surface area contributed by atoms with E-state index in [4.69, 9.17) is 19.2 Å². The van der Waals surface area contributed by atoms with Crippen LogP contribution < -0.4 is 19.5 Å². The highest BCUT2D eigenvalue weighted by molar-refractivity contribution is 5.80. The molecule has 1 heterocycles. The molecule has 0 fully saturated rings. The zero-order valence-corrected chi connectivity index (χ0v) is 22.9. The molecule has 0 saturated heterocycles. The van der Waals surface area contributed by atoms with E-state index in [1.807, 2.05) is 43.3 Å². The number of carbonyl (C=O) groups is 1. The summed E-state index contributed by atoms with van der Waals surface area (Å²) in [6.45, 7) is 7.59. The standard InChI is InChI=1S/C31H37N3O4/c1-21-16-22(2)18-25(17-21)38-15-9-8-14-34-27-11-7-6-10-26(27)33-31(34)23(3)32-30(35)20-24-12-13-28(36-4)29(19-24)37-5/h6-7,10-13,16-19,23H,8-9,14-15,20H2,1-5H3,(H,32,35). The molecule has 1 N–H and O–H groups in total. The van der Waals surface area contributed by atoms with E-state index in [-0.39, 0.29) is 18.4 Å². The van der Waals surface area contributed by atoms with E-state index in [1.54, 1.807) is 14.2 Å². The number of aryl methyl sites for hydroxylation is 3. The number of ether oxygens (including phenoxy) is 3. The zero-order valence-electron chi connectivity index (χ0n) is 22.9. The number of nitrogens with zero attached hydrogens (tertiary/aromatic N) is 2. The molecule has 3 aromatic carbocycles. The molecule has 38 heavy (non-hydrogen) atoms. The van der Waals surface area contributed by atoms with Crippen LogP contribution in [-0.2, 0) is 17.8 Å². The highest BCUT2D eigenvalue weighted by Crippen LogP contribution is 2.28. The Kier molecular flexibility index (Phi) is 8.89. The van der Waals surface area contributed by atoms with Gasteiger partial charge in [-0.05, 0) is 86.7 Å². The number of amides is 1. The number of fused-ring (bicyclic) bond motifs is 1. The number of benzene rings is 3. The fourth-order valence-corrected chi connectivity index (χ4v) is 4.77. The number of aromatic nitrogens is 2. The first-order valence-corrected chi connectivity index (χ1v) is 13.0. The Hall–Kier alpha value is -4.00. The lowest BCUT2D eigenvalue weighted by molar-refractivity contribution is -0.121. The average Bonchev–Trinajstić information content (AvgIpc) is 3.26. The lowest BCUT2D eigenvalue weighted by Gasteiger charge is -2.17. The largest absolute Gasteiger partial charge is 0.494 e. The quantitative estimate of drug-likeness (QED) is 0.236. The predicted molar refractivity (Wildman–Crippen MR) is 150 cm³/mol. The molecule has 0 bridgehead atoms. The minimum absolute atomic E-state index is 0.0785. The van der Waals surface area contributed by atoms with E-state index >= 15 is 0 Å². The Balaban J connectivity index is 1.39. The van der Waals surface area contributed by atoms with Crippen LogP contribution in [0.5, 0.6) is 17.2 Å². The van der Waals surface area contributed by atoms with Gasteiger partial charge in [-0.2, -0.15) is 0 Å². The first-order chi connectivity index (χ1) is 18.4. The van der Waals surface area contributed by atoms with Gasteiger partial charge in [-0.15, -0.1) is 0 Å². The van der Waals surface area contributed by atoms with Gasteiger partial charge in [-0.3, -0.25) is 4.79 Å².